The number of anilines is 1. The quantitative estimate of drug-likeness (QED) is 0.627. The molecule has 1 N–H and O–H groups in total. The summed E-state index contributed by atoms with van der Waals surface area (Å²) in [6, 6.07) is 0.978. The monoisotopic (exact) mass is 257 g/mol. The summed E-state index contributed by atoms with van der Waals surface area (Å²) in [6.45, 7) is 0. The van der Waals surface area contributed by atoms with Crippen LogP contribution in [0.5, 0.6) is 0 Å². The third-order valence-electron chi connectivity index (χ3n) is 1.64. The van der Waals surface area contributed by atoms with Crippen molar-refractivity contribution < 1.29 is 4.79 Å². The van der Waals surface area contributed by atoms with E-state index in [4.69, 9.17) is 23.2 Å². The minimum Gasteiger partial charge on any atom is -0.291 e. The van der Waals surface area contributed by atoms with Gasteiger partial charge in [0.15, 0.2) is 0 Å². The molecule has 0 saturated heterocycles. The van der Waals surface area contributed by atoms with Gasteiger partial charge in [-0.05, 0) is 11.6 Å². The third kappa shape index (κ3) is 2.47. The Morgan fingerprint density at radius 2 is 2.19 bits per heavy atom. The predicted molar refractivity (Wildman–Crippen MR) is 58.7 cm³/mol. The molecule has 1 amide bonds. The van der Waals surface area contributed by atoms with E-state index in [0.29, 0.717) is 0 Å². The number of halogens is 2. The molecule has 0 aliphatic heterocycles. The zero-order valence-corrected chi connectivity index (χ0v) is 9.27. The van der Waals surface area contributed by atoms with Crippen molar-refractivity contribution in [3.05, 3.63) is 35.2 Å². The lowest BCUT2D eigenvalue weighted by atomic mass is 10.6. The largest absolute Gasteiger partial charge is 0.332 e. The third-order valence-corrected chi connectivity index (χ3v) is 2.00. The van der Waals surface area contributed by atoms with Gasteiger partial charge < -0.3 is 0 Å². The van der Waals surface area contributed by atoms with Gasteiger partial charge in [-0.3, -0.25) is 9.88 Å². The number of rotatable bonds is 1. The first kappa shape index (κ1) is 10.8. The summed E-state index contributed by atoms with van der Waals surface area (Å²) in [6.07, 6.45) is 4.35. The number of carbonyl (C=O) groups is 1. The highest BCUT2D eigenvalue weighted by Crippen LogP contribution is 2.14. The molecule has 2 aromatic rings. The molecular formula is C8H5Cl2N5O. The Kier molecular flexibility index (Phi) is 3.02. The van der Waals surface area contributed by atoms with Crippen LogP contribution >= 0.6 is 23.2 Å². The van der Waals surface area contributed by atoms with Gasteiger partial charge in [0, 0.05) is 18.5 Å². The van der Waals surface area contributed by atoms with Gasteiger partial charge >= 0.3 is 6.03 Å². The minimum absolute atomic E-state index is 0.0339. The van der Waals surface area contributed by atoms with E-state index in [1.54, 1.807) is 0 Å². The molecule has 0 aromatic carbocycles. The standard InChI is InChI=1S/C8H5Cl2N5O/c9-5-3-6(13-7(10)12-5)14-8(16)15-2-1-11-4-15/h1-4H,(H,12,13,14,16). The fraction of sp³-hybridized carbons (Fsp3) is 0. The van der Waals surface area contributed by atoms with Gasteiger partial charge in [-0.25, -0.2) is 19.7 Å². The second-order valence-corrected chi connectivity index (χ2v) is 3.47. The van der Waals surface area contributed by atoms with E-state index in [9.17, 15) is 4.79 Å². The first-order valence-corrected chi connectivity index (χ1v) is 4.90. The Balaban J connectivity index is 2.18. The molecule has 8 heteroatoms. The smallest absolute Gasteiger partial charge is 0.291 e. The van der Waals surface area contributed by atoms with E-state index < -0.39 is 6.03 Å². The van der Waals surface area contributed by atoms with Gasteiger partial charge in [0.05, 0.1) is 0 Å². The number of nitrogens with one attached hydrogen (secondary N) is 1. The van der Waals surface area contributed by atoms with Crippen LogP contribution in [0.4, 0.5) is 10.6 Å². The average molecular weight is 258 g/mol. The summed E-state index contributed by atoms with van der Waals surface area (Å²) in [5.41, 5.74) is 0. The fourth-order valence-corrected chi connectivity index (χ4v) is 1.42. The molecule has 0 fully saturated rings. The van der Waals surface area contributed by atoms with Crippen molar-refractivity contribution in [1.82, 2.24) is 19.5 Å². The molecule has 2 heterocycles. The zero-order valence-electron chi connectivity index (χ0n) is 7.76. The van der Waals surface area contributed by atoms with Crippen molar-refractivity contribution in [2.75, 3.05) is 5.32 Å². The molecule has 2 aromatic heterocycles. The van der Waals surface area contributed by atoms with Crippen LogP contribution in [-0.2, 0) is 0 Å². The van der Waals surface area contributed by atoms with Crippen LogP contribution in [0.2, 0.25) is 10.4 Å². The Morgan fingerprint density at radius 3 is 2.81 bits per heavy atom. The number of nitrogens with zero attached hydrogens (tertiary/aromatic N) is 4. The van der Waals surface area contributed by atoms with Crippen molar-refractivity contribution in [3.63, 3.8) is 0 Å². The van der Waals surface area contributed by atoms with Gasteiger partial charge in [0.25, 0.3) is 0 Å². The van der Waals surface area contributed by atoms with Gasteiger partial charge in [0.1, 0.15) is 17.3 Å². The molecule has 0 saturated carbocycles. The summed E-state index contributed by atoms with van der Waals surface area (Å²) in [4.78, 5) is 22.7. The van der Waals surface area contributed by atoms with Crippen molar-refractivity contribution in [2.24, 2.45) is 0 Å². The molecule has 0 spiro atoms. The summed E-state index contributed by atoms with van der Waals surface area (Å²) in [5, 5.41) is 2.61. The Labute approximate surface area is 100 Å². The lowest BCUT2D eigenvalue weighted by Crippen LogP contribution is -2.18. The highest BCUT2D eigenvalue weighted by atomic mass is 35.5. The van der Waals surface area contributed by atoms with E-state index in [2.05, 4.69) is 20.3 Å². The summed E-state index contributed by atoms with van der Waals surface area (Å²) in [5.74, 6) is 0.226. The maximum atomic E-state index is 11.6. The lowest BCUT2D eigenvalue weighted by Gasteiger charge is -2.04. The average Bonchev–Trinajstić information content (AvgIpc) is 2.68. The zero-order chi connectivity index (χ0) is 11.5. The molecule has 0 radical (unpaired) electrons. The normalized spacial score (nSPS) is 10.1. The molecule has 2 rings (SSSR count). The van der Waals surface area contributed by atoms with Crippen LogP contribution in [-0.4, -0.2) is 25.6 Å². The molecule has 0 atom stereocenters. The summed E-state index contributed by atoms with van der Waals surface area (Å²) in [7, 11) is 0. The molecule has 82 valence electrons. The maximum absolute atomic E-state index is 11.6. The molecule has 0 aliphatic carbocycles. The molecule has 0 bridgehead atoms. The Hall–Kier alpha value is -1.66. The Morgan fingerprint density at radius 1 is 1.38 bits per heavy atom. The first-order valence-electron chi connectivity index (χ1n) is 4.14. The van der Waals surface area contributed by atoms with Crippen molar-refractivity contribution in [3.8, 4) is 0 Å². The lowest BCUT2D eigenvalue weighted by molar-refractivity contribution is 0.253. The van der Waals surface area contributed by atoms with Gasteiger partial charge in [-0.15, -0.1) is 0 Å². The number of carbonyl (C=O) groups excluding carboxylic acids is 1. The van der Waals surface area contributed by atoms with Crippen LogP contribution in [0.1, 0.15) is 0 Å². The minimum atomic E-state index is -0.414. The topological polar surface area (TPSA) is 72.7 Å². The van der Waals surface area contributed by atoms with Crippen LogP contribution < -0.4 is 5.32 Å². The predicted octanol–water partition coefficient (Wildman–Crippen LogP) is 2.06. The SMILES string of the molecule is O=C(Nc1cc(Cl)nc(Cl)n1)n1ccnc1. The van der Waals surface area contributed by atoms with Gasteiger partial charge in [0.2, 0.25) is 5.28 Å². The highest BCUT2D eigenvalue weighted by Gasteiger charge is 2.07. The molecule has 16 heavy (non-hydrogen) atoms. The van der Waals surface area contributed by atoms with Crippen molar-refractivity contribution >= 4 is 35.1 Å². The van der Waals surface area contributed by atoms with Crippen molar-refractivity contribution in [1.29, 1.82) is 0 Å². The van der Waals surface area contributed by atoms with E-state index in [1.165, 1.54) is 29.4 Å². The van der Waals surface area contributed by atoms with Crippen LogP contribution in [0.25, 0.3) is 0 Å². The molecular weight excluding hydrogens is 253 g/mol. The van der Waals surface area contributed by atoms with E-state index in [-0.39, 0.29) is 16.3 Å². The van der Waals surface area contributed by atoms with Crippen LogP contribution in [0.15, 0.2) is 24.8 Å². The number of imidazole rings is 1. The first-order chi connectivity index (χ1) is 7.65. The van der Waals surface area contributed by atoms with E-state index in [0.717, 1.165) is 0 Å². The van der Waals surface area contributed by atoms with E-state index in [1.807, 2.05) is 0 Å². The maximum Gasteiger partial charge on any atom is 0.332 e. The second kappa shape index (κ2) is 4.46. The number of amides is 1. The number of aromatic nitrogens is 4. The fourth-order valence-electron chi connectivity index (χ4n) is 1.01. The molecule has 0 unspecified atom stereocenters. The Bertz CT molecular complexity index is 493. The summed E-state index contributed by atoms with van der Waals surface area (Å²) < 4.78 is 1.25. The number of hydrogen-bond donors (Lipinski definition) is 1. The van der Waals surface area contributed by atoms with Crippen molar-refractivity contribution in [2.45, 2.75) is 0 Å². The molecule has 6 nitrogen and oxygen atoms in total. The number of hydrogen-bond acceptors (Lipinski definition) is 4. The summed E-state index contributed by atoms with van der Waals surface area (Å²) >= 11 is 11.2. The van der Waals surface area contributed by atoms with Crippen LogP contribution in [0.3, 0.4) is 0 Å². The van der Waals surface area contributed by atoms with Crippen LogP contribution in [0, 0.1) is 0 Å². The van der Waals surface area contributed by atoms with E-state index >= 15 is 0 Å². The van der Waals surface area contributed by atoms with Gasteiger partial charge in [-0.1, -0.05) is 11.6 Å². The molecule has 0 aliphatic rings. The van der Waals surface area contributed by atoms with Gasteiger partial charge in [-0.2, -0.15) is 0 Å². The second-order valence-electron chi connectivity index (χ2n) is 2.75. The highest BCUT2D eigenvalue weighted by molar-refractivity contribution is 6.32.